The summed E-state index contributed by atoms with van der Waals surface area (Å²) in [6, 6.07) is 2.80. The van der Waals surface area contributed by atoms with E-state index in [1.165, 1.54) is 34.5 Å². The summed E-state index contributed by atoms with van der Waals surface area (Å²) in [7, 11) is 0. The van der Waals surface area contributed by atoms with Crippen LogP contribution in [0.5, 0.6) is 0 Å². The van der Waals surface area contributed by atoms with Gasteiger partial charge in [0.25, 0.3) is 0 Å². The fraction of sp³-hybridized carbons (Fsp3) is 0.500. The molecule has 0 aromatic carbocycles. The van der Waals surface area contributed by atoms with Crippen LogP contribution in [0.4, 0.5) is 0 Å². The first kappa shape index (κ1) is 13.7. The molecular formula is C16H21N3S. The molecule has 0 radical (unpaired) electrons. The van der Waals surface area contributed by atoms with Crippen LogP contribution in [-0.2, 0) is 6.54 Å². The van der Waals surface area contributed by atoms with Crippen molar-refractivity contribution < 1.29 is 0 Å². The Balaban J connectivity index is 1.91. The van der Waals surface area contributed by atoms with Crippen LogP contribution in [-0.4, -0.2) is 16.0 Å². The van der Waals surface area contributed by atoms with Gasteiger partial charge in [0.15, 0.2) is 0 Å². The second kappa shape index (κ2) is 5.62. The van der Waals surface area contributed by atoms with E-state index in [9.17, 15) is 0 Å². The number of rotatable bonds is 5. The van der Waals surface area contributed by atoms with Gasteiger partial charge in [-0.05, 0) is 37.3 Å². The van der Waals surface area contributed by atoms with E-state index in [0.29, 0.717) is 5.92 Å². The van der Waals surface area contributed by atoms with E-state index in [1.807, 2.05) is 23.7 Å². The third kappa shape index (κ3) is 2.91. The van der Waals surface area contributed by atoms with Crippen LogP contribution in [0.1, 0.15) is 48.7 Å². The van der Waals surface area contributed by atoms with Crippen molar-refractivity contribution >= 4 is 11.3 Å². The molecule has 1 aliphatic rings. The zero-order chi connectivity index (χ0) is 14.1. The van der Waals surface area contributed by atoms with Crippen LogP contribution in [0.3, 0.4) is 0 Å². The first-order chi connectivity index (χ1) is 9.65. The maximum atomic E-state index is 4.89. The summed E-state index contributed by atoms with van der Waals surface area (Å²) >= 11 is 1.82. The number of pyridine rings is 1. The summed E-state index contributed by atoms with van der Waals surface area (Å²) in [5.74, 6) is 0.471. The van der Waals surface area contributed by atoms with Gasteiger partial charge < -0.3 is 5.32 Å². The van der Waals surface area contributed by atoms with Crippen LogP contribution in [0.2, 0.25) is 0 Å². The molecule has 3 nitrogen and oxygen atoms in total. The Morgan fingerprint density at radius 3 is 2.85 bits per heavy atom. The van der Waals surface area contributed by atoms with Gasteiger partial charge in [0, 0.05) is 35.4 Å². The smallest absolute Gasteiger partial charge is 0.124 e. The summed E-state index contributed by atoms with van der Waals surface area (Å²) in [5, 5.41) is 4.73. The van der Waals surface area contributed by atoms with Gasteiger partial charge in [0.05, 0.1) is 5.69 Å². The molecular weight excluding hydrogens is 266 g/mol. The van der Waals surface area contributed by atoms with Gasteiger partial charge in [-0.2, -0.15) is 0 Å². The number of nitrogens with zero attached hydrogens (tertiary/aromatic N) is 2. The summed E-state index contributed by atoms with van der Waals surface area (Å²) in [4.78, 5) is 10.4. The van der Waals surface area contributed by atoms with Crippen molar-refractivity contribution in [3.63, 3.8) is 0 Å². The summed E-state index contributed by atoms with van der Waals surface area (Å²) in [6.45, 7) is 7.50. The summed E-state index contributed by atoms with van der Waals surface area (Å²) in [5.41, 5.74) is 3.65. The molecule has 2 heterocycles. The van der Waals surface area contributed by atoms with Crippen molar-refractivity contribution in [2.45, 2.75) is 52.1 Å². The Morgan fingerprint density at radius 2 is 2.20 bits per heavy atom. The van der Waals surface area contributed by atoms with Gasteiger partial charge in [-0.1, -0.05) is 13.8 Å². The van der Waals surface area contributed by atoms with Crippen molar-refractivity contribution in [1.29, 1.82) is 0 Å². The van der Waals surface area contributed by atoms with Gasteiger partial charge in [-0.3, -0.25) is 4.98 Å². The van der Waals surface area contributed by atoms with Gasteiger partial charge >= 0.3 is 0 Å². The molecule has 106 valence electrons. The number of hydrogen-bond acceptors (Lipinski definition) is 4. The highest BCUT2D eigenvalue weighted by Gasteiger charge is 2.22. The Kier molecular flexibility index (Phi) is 3.85. The lowest BCUT2D eigenvalue weighted by molar-refractivity contribution is 0.681. The third-order valence-corrected chi connectivity index (χ3v) is 4.76. The highest BCUT2D eigenvalue weighted by molar-refractivity contribution is 7.15. The number of nitrogens with one attached hydrogen (secondary N) is 1. The predicted octanol–water partition coefficient (Wildman–Crippen LogP) is 3.89. The van der Waals surface area contributed by atoms with Gasteiger partial charge in [0.2, 0.25) is 0 Å². The molecule has 0 bridgehead atoms. The zero-order valence-electron chi connectivity index (χ0n) is 12.3. The van der Waals surface area contributed by atoms with Crippen LogP contribution in [0.25, 0.3) is 10.6 Å². The van der Waals surface area contributed by atoms with Crippen LogP contribution in [0.15, 0.2) is 18.5 Å². The van der Waals surface area contributed by atoms with E-state index >= 15 is 0 Å². The lowest BCUT2D eigenvalue weighted by Crippen LogP contribution is -2.15. The van der Waals surface area contributed by atoms with E-state index in [2.05, 4.69) is 37.1 Å². The molecule has 20 heavy (non-hydrogen) atoms. The predicted molar refractivity (Wildman–Crippen MR) is 84.0 cm³/mol. The number of aryl methyl sites for hydroxylation is 1. The number of aromatic nitrogens is 2. The van der Waals surface area contributed by atoms with Crippen molar-refractivity contribution in [2.24, 2.45) is 0 Å². The van der Waals surface area contributed by atoms with Crippen LogP contribution in [0, 0.1) is 6.92 Å². The quantitative estimate of drug-likeness (QED) is 0.906. The second-order valence-electron chi connectivity index (χ2n) is 5.83. The van der Waals surface area contributed by atoms with Crippen molar-refractivity contribution in [2.75, 3.05) is 0 Å². The molecule has 0 spiro atoms. The average Bonchev–Trinajstić information content (AvgIpc) is 3.15. The molecule has 4 heteroatoms. The standard InChI is InChI=1S/C16H21N3S/c1-10(2)15-14(9-18-12-4-5-12)20-16(19-15)13-6-7-17-8-11(13)3/h6-8,10,12,18H,4-5,9H2,1-3H3. The molecule has 0 atom stereocenters. The largest absolute Gasteiger partial charge is 0.309 e. The highest BCUT2D eigenvalue weighted by atomic mass is 32.1. The van der Waals surface area contributed by atoms with Crippen molar-refractivity contribution in [1.82, 2.24) is 15.3 Å². The maximum Gasteiger partial charge on any atom is 0.124 e. The molecule has 0 saturated heterocycles. The lowest BCUT2D eigenvalue weighted by Gasteiger charge is -2.05. The molecule has 2 aromatic heterocycles. The molecule has 1 aliphatic carbocycles. The fourth-order valence-electron chi connectivity index (χ4n) is 2.29. The van der Waals surface area contributed by atoms with Gasteiger partial charge in [0.1, 0.15) is 5.01 Å². The molecule has 1 saturated carbocycles. The van der Waals surface area contributed by atoms with Gasteiger partial charge in [-0.25, -0.2) is 4.98 Å². The van der Waals surface area contributed by atoms with Crippen molar-refractivity contribution in [3.8, 4) is 10.6 Å². The van der Waals surface area contributed by atoms with E-state index in [4.69, 9.17) is 4.98 Å². The minimum Gasteiger partial charge on any atom is -0.309 e. The molecule has 1 N–H and O–H groups in total. The Labute approximate surface area is 124 Å². The molecule has 1 fully saturated rings. The maximum absolute atomic E-state index is 4.89. The van der Waals surface area contributed by atoms with Gasteiger partial charge in [-0.15, -0.1) is 11.3 Å². The lowest BCUT2D eigenvalue weighted by atomic mass is 10.1. The number of thiazole rings is 1. The average molecular weight is 287 g/mol. The summed E-state index contributed by atoms with van der Waals surface area (Å²) in [6.07, 6.45) is 6.41. The van der Waals surface area contributed by atoms with E-state index in [1.54, 1.807) is 0 Å². The van der Waals surface area contributed by atoms with E-state index < -0.39 is 0 Å². The van der Waals surface area contributed by atoms with Crippen molar-refractivity contribution in [3.05, 3.63) is 34.6 Å². The fourth-order valence-corrected chi connectivity index (χ4v) is 3.55. The van der Waals surface area contributed by atoms with Crippen LogP contribution >= 0.6 is 11.3 Å². The topological polar surface area (TPSA) is 37.8 Å². The summed E-state index contributed by atoms with van der Waals surface area (Å²) < 4.78 is 0. The SMILES string of the molecule is Cc1cnccc1-c1nc(C(C)C)c(CNC2CC2)s1. The first-order valence-corrected chi connectivity index (χ1v) is 8.10. The zero-order valence-corrected chi connectivity index (χ0v) is 13.1. The second-order valence-corrected chi connectivity index (χ2v) is 6.91. The van der Waals surface area contributed by atoms with E-state index in [0.717, 1.165) is 17.6 Å². The Morgan fingerprint density at radius 1 is 1.40 bits per heavy atom. The Hall–Kier alpha value is -1.26. The number of hydrogen-bond donors (Lipinski definition) is 1. The van der Waals surface area contributed by atoms with Crippen LogP contribution < -0.4 is 5.32 Å². The molecule has 2 aromatic rings. The highest BCUT2D eigenvalue weighted by Crippen LogP contribution is 2.33. The van der Waals surface area contributed by atoms with E-state index in [-0.39, 0.29) is 0 Å². The molecule has 0 aliphatic heterocycles. The Bertz CT molecular complexity index is 600. The molecule has 3 rings (SSSR count). The molecule has 0 amide bonds. The molecule has 0 unspecified atom stereocenters. The monoisotopic (exact) mass is 287 g/mol. The minimum absolute atomic E-state index is 0.471. The minimum atomic E-state index is 0.471. The third-order valence-electron chi connectivity index (χ3n) is 3.65. The normalized spacial score (nSPS) is 15.0. The first-order valence-electron chi connectivity index (χ1n) is 7.29.